The Kier molecular flexibility index (Phi) is 4.53. The molecule has 0 saturated carbocycles. The van der Waals surface area contributed by atoms with Crippen molar-refractivity contribution < 1.29 is 9.21 Å². The van der Waals surface area contributed by atoms with Gasteiger partial charge in [0.1, 0.15) is 11.5 Å². The summed E-state index contributed by atoms with van der Waals surface area (Å²) in [6.45, 7) is 2.17. The molecule has 0 N–H and O–H groups in total. The monoisotopic (exact) mass is 373 g/mol. The molecule has 1 amide bonds. The van der Waals surface area contributed by atoms with E-state index < -0.39 is 0 Å². The molecule has 6 nitrogen and oxygen atoms in total. The summed E-state index contributed by atoms with van der Waals surface area (Å²) in [5, 5.41) is 5.41. The summed E-state index contributed by atoms with van der Waals surface area (Å²) in [4.78, 5) is 27.6. The van der Waals surface area contributed by atoms with Gasteiger partial charge in [-0.15, -0.1) is 0 Å². The topological polar surface area (TPSA) is 68.3 Å². The van der Waals surface area contributed by atoms with Crippen LogP contribution in [0.5, 0.6) is 0 Å². The van der Waals surface area contributed by atoms with Crippen LogP contribution in [0.2, 0.25) is 0 Å². The summed E-state index contributed by atoms with van der Waals surface area (Å²) < 4.78 is 6.85. The summed E-state index contributed by atoms with van der Waals surface area (Å²) in [6, 6.07) is 19.8. The number of hydrogen-bond acceptors (Lipinski definition) is 4. The zero-order valence-electron chi connectivity index (χ0n) is 15.6. The predicted molar refractivity (Wildman–Crippen MR) is 107 cm³/mol. The van der Waals surface area contributed by atoms with Crippen molar-refractivity contribution in [1.82, 2.24) is 14.7 Å². The average molecular weight is 373 g/mol. The van der Waals surface area contributed by atoms with Crippen LogP contribution < -0.4 is 5.56 Å². The van der Waals surface area contributed by atoms with E-state index in [4.69, 9.17) is 4.42 Å². The second-order valence-electron chi connectivity index (χ2n) is 6.62. The highest BCUT2D eigenvalue weighted by Gasteiger charge is 2.21. The number of nitrogens with zero attached hydrogens (tertiary/aromatic N) is 3. The number of aromatic nitrogens is 2. The molecule has 2 aromatic carbocycles. The number of aryl methyl sites for hydroxylation is 1. The molecular formula is C22H19N3O3. The van der Waals surface area contributed by atoms with E-state index >= 15 is 0 Å². The molecule has 0 spiro atoms. The normalized spacial score (nSPS) is 10.9. The van der Waals surface area contributed by atoms with Crippen molar-refractivity contribution in [1.29, 1.82) is 0 Å². The molecule has 0 radical (unpaired) electrons. The highest BCUT2D eigenvalue weighted by Crippen LogP contribution is 2.18. The van der Waals surface area contributed by atoms with Gasteiger partial charge < -0.3 is 9.32 Å². The maximum Gasteiger partial charge on any atom is 0.279 e. The van der Waals surface area contributed by atoms with Crippen LogP contribution in [0.4, 0.5) is 0 Å². The van der Waals surface area contributed by atoms with E-state index in [1.807, 2.05) is 37.3 Å². The maximum atomic E-state index is 13.2. The minimum absolute atomic E-state index is 0.227. The fourth-order valence-corrected chi connectivity index (χ4v) is 3.15. The van der Waals surface area contributed by atoms with Crippen LogP contribution in [0.25, 0.3) is 16.5 Å². The average Bonchev–Trinajstić information content (AvgIpc) is 3.13. The van der Waals surface area contributed by atoms with Crippen molar-refractivity contribution in [2.45, 2.75) is 13.5 Å². The van der Waals surface area contributed by atoms with Gasteiger partial charge in [0.05, 0.1) is 17.6 Å². The Hall–Kier alpha value is -3.67. The van der Waals surface area contributed by atoms with Gasteiger partial charge in [0.15, 0.2) is 5.69 Å². The van der Waals surface area contributed by atoms with Crippen molar-refractivity contribution in [2.24, 2.45) is 0 Å². The van der Waals surface area contributed by atoms with E-state index in [2.05, 4.69) is 5.10 Å². The molecule has 0 bridgehead atoms. The zero-order chi connectivity index (χ0) is 19.7. The lowest BCUT2D eigenvalue weighted by Gasteiger charge is -2.17. The molecule has 0 unspecified atom stereocenters. The Morgan fingerprint density at radius 2 is 1.68 bits per heavy atom. The molecule has 0 aliphatic rings. The molecule has 0 atom stereocenters. The van der Waals surface area contributed by atoms with E-state index in [0.717, 1.165) is 5.76 Å². The molecule has 0 aliphatic heterocycles. The van der Waals surface area contributed by atoms with Crippen molar-refractivity contribution in [3.05, 3.63) is 94.3 Å². The Morgan fingerprint density at radius 3 is 2.36 bits per heavy atom. The SMILES string of the molecule is Cc1ccc(CN(C)C(=O)c2nn(-c3ccccc3)c(=O)c3ccccc23)o1. The molecule has 0 aliphatic carbocycles. The third-order valence-electron chi connectivity index (χ3n) is 4.54. The third-order valence-corrected chi connectivity index (χ3v) is 4.54. The molecule has 28 heavy (non-hydrogen) atoms. The zero-order valence-corrected chi connectivity index (χ0v) is 15.6. The van der Waals surface area contributed by atoms with Gasteiger partial charge in [0.25, 0.3) is 11.5 Å². The fraction of sp³-hybridized carbons (Fsp3) is 0.136. The molecule has 2 aromatic heterocycles. The van der Waals surface area contributed by atoms with E-state index in [9.17, 15) is 9.59 Å². The summed E-state index contributed by atoms with van der Waals surface area (Å²) in [6.07, 6.45) is 0. The number of para-hydroxylation sites is 1. The molecular weight excluding hydrogens is 354 g/mol. The Labute approximate surface area is 161 Å². The van der Waals surface area contributed by atoms with Gasteiger partial charge in [-0.2, -0.15) is 9.78 Å². The minimum Gasteiger partial charge on any atom is -0.464 e. The van der Waals surface area contributed by atoms with E-state index in [-0.39, 0.29) is 17.2 Å². The van der Waals surface area contributed by atoms with Crippen LogP contribution in [-0.4, -0.2) is 27.6 Å². The van der Waals surface area contributed by atoms with Crippen molar-refractivity contribution >= 4 is 16.7 Å². The highest BCUT2D eigenvalue weighted by atomic mass is 16.3. The molecule has 0 saturated heterocycles. The number of furan rings is 1. The van der Waals surface area contributed by atoms with Gasteiger partial charge in [-0.1, -0.05) is 36.4 Å². The number of amides is 1. The second-order valence-corrected chi connectivity index (χ2v) is 6.62. The van der Waals surface area contributed by atoms with Crippen molar-refractivity contribution in [3.8, 4) is 5.69 Å². The smallest absolute Gasteiger partial charge is 0.279 e. The van der Waals surface area contributed by atoms with Gasteiger partial charge in [-0.05, 0) is 37.3 Å². The standard InChI is InChI=1S/C22H19N3O3/c1-15-12-13-17(28-15)14-24(2)22(27)20-18-10-6-7-11-19(18)21(26)25(23-20)16-8-4-3-5-9-16/h3-13H,14H2,1-2H3. The summed E-state index contributed by atoms with van der Waals surface area (Å²) in [7, 11) is 1.69. The van der Waals surface area contributed by atoms with Crippen molar-refractivity contribution in [3.63, 3.8) is 0 Å². The minimum atomic E-state index is -0.282. The van der Waals surface area contributed by atoms with Crippen LogP contribution in [-0.2, 0) is 6.54 Å². The molecule has 6 heteroatoms. The number of hydrogen-bond donors (Lipinski definition) is 0. The first-order valence-corrected chi connectivity index (χ1v) is 8.93. The molecule has 2 heterocycles. The number of carbonyl (C=O) groups is 1. The Bertz CT molecular complexity index is 1210. The summed E-state index contributed by atoms with van der Waals surface area (Å²) in [5.74, 6) is 1.20. The lowest BCUT2D eigenvalue weighted by Crippen LogP contribution is -2.31. The molecule has 0 fully saturated rings. The molecule has 4 aromatic rings. The van der Waals surface area contributed by atoms with Gasteiger partial charge in [-0.25, -0.2) is 0 Å². The Balaban J connectivity index is 1.82. The fourth-order valence-electron chi connectivity index (χ4n) is 3.15. The lowest BCUT2D eigenvalue weighted by atomic mass is 10.1. The summed E-state index contributed by atoms with van der Waals surface area (Å²) >= 11 is 0. The second kappa shape index (κ2) is 7.15. The van der Waals surface area contributed by atoms with Crippen LogP contribution in [0.15, 0.2) is 75.9 Å². The first-order chi connectivity index (χ1) is 13.5. The number of rotatable bonds is 4. The van der Waals surface area contributed by atoms with Crippen LogP contribution in [0.3, 0.4) is 0 Å². The summed E-state index contributed by atoms with van der Waals surface area (Å²) in [5.41, 5.74) is 0.573. The van der Waals surface area contributed by atoms with Gasteiger partial charge in [0, 0.05) is 12.4 Å². The number of benzene rings is 2. The number of fused-ring (bicyclic) bond motifs is 1. The first-order valence-electron chi connectivity index (χ1n) is 8.93. The lowest BCUT2D eigenvalue weighted by molar-refractivity contribution is 0.0769. The van der Waals surface area contributed by atoms with Crippen LogP contribution >= 0.6 is 0 Å². The number of carbonyl (C=O) groups excluding carboxylic acids is 1. The van der Waals surface area contributed by atoms with Crippen LogP contribution in [0.1, 0.15) is 22.0 Å². The Morgan fingerprint density at radius 1 is 1.00 bits per heavy atom. The largest absolute Gasteiger partial charge is 0.464 e. The van der Waals surface area contributed by atoms with Gasteiger partial charge in [-0.3, -0.25) is 9.59 Å². The highest BCUT2D eigenvalue weighted by molar-refractivity contribution is 6.04. The van der Waals surface area contributed by atoms with Gasteiger partial charge in [0.2, 0.25) is 0 Å². The third kappa shape index (κ3) is 3.20. The predicted octanol–water partition coefficient (Wildman–Crippen LogP) is 3.56. The molecule has 140 valence electrons. The van der Waals surface area contributed by atoms with Crippen molar-refractivity contribution in [2.75, 3.05) is 7.05 Å². The first kappa shape index (κ1) is 17.7. The van der Waals surface area contributed by atoms with Crippen LogP contribution in [0, 0.1) is 6.92 Å². The quantitative estimate of drug-likeness (QED) is 0.548. The molecule has 4 rings (SSSR count). The van der Waals surface area contributed by atoms with E-state index in [1.54, 1.807) is 43.4 Å². The maximum absolute atomic E-state index is 13.2. The van der Waals surface area contributed by atoms with Gasteiger partial charge >= 0.3 is 0 Å². The van der Waals surface area contributed by atoms with E-state index in [1.165, 1.54) is 9.58 Å². The van der Waals surface area contributed by atoms with E-state index in [0.29, 0.717) is 28.8 Å².